The van der Waals surface area contributed by atoms with Crippen LogP contribution in [0, 0.1) is 0 Å². The standard InChI is InChI=1S/2C6H8O7.CH2O4.3Na.2H2O.3H/c2*7-3(8)1-6(13,5(11)12)2-4(9)10;2-1(3)5-4;;;;;;;;/h2*13H,1-2H2,(H,7,8)(H,9,10)(H,11,12);4H,(H,2,3);;;;2*1H2;;;/q;;;3*+1;;;3*-1. The average Bonchev–Trinajstić information content (AvgIpc) is 2.52. The van der Waals surface area contributed by atoms with Gasteiger partial charge in [-0.15, -0.1) is 0 Å². The minimum atomic E-state index is -2.74. The Hall–Kier alpha value is -1.11. The number of carboxylic acid groups (broad SMARTS) is 7. The molecule has 0 amide bonds. The maximum Gasteiger partial charge on any atom is 1.00 e. The van der Waals surface area contributed by atoms with Crippen molar-refractivity contribution in [2.24, 2.45) is 0 Å². The van der Waals surface area contributed by atoms with Crippen LogP contribution in [0.1, 0.15) is 30.0 Å². The largest absolute Gasteiger partial charge is 1.00 e. The van der Waals surface area contributed by atoms with E-state index in [1.165, 1.54) is 0 Å². The topological polar surface area (TPSA) is 394 Å². The van der Waals surface area contributed by atoms with E-state index in [2.05, 4.69) is 4.89 Å². The molecule has 20 nitrogen and oxygen atoms in total. The Morgan fingerprint density at radius 3 is 0.722 bits per heavy atom. The molecule has 0 bridgehead atoms. The fraction of sp³-hybridized carbons (Fsp3) is 0.462. The molecule has 0 aromatic carbocycles. The molecule has 0 aromatic rings. The van der Waals surface area contributed by atoms with Gasteiger partial charge in [-0.1, -0.05) is 0 Å². The fourth-order valence-corrected chi connectivity index (χ4v) is 1.43. The van der Waals surface area contributed by atoms with Crippen molar-refractivity contribution in [2.75, 3.05) is 0 Å². The van der Waals surface area contributed by atoms with Crippen LogP contribution >= 0.6 is 0 Å². The van der Waals surface area contributed by atoms with Crippen molar-refractivity contribution in [3.05, 3.63) is 0 Å². The van der Waals surface area contributed by atoms with Gasteiger partial charge in [0.15, 0.2) is 11.2 Å². The van der Waals surface area contributed by atoms with Crippen LogP contribution in [0.4, 0.5) is 4.79 Å². The maximum absolute atomic E-state index is 10.3. The molecule has 0 aliphatic heterocycles. The van der Waals surface area contributed by atoms with E-state index in [0.717, 1.165) is 0 Å². The second-order valence-electron chi connectivity index (χ2n) is 5.31. The van der Waals surface area contributed by atoms with Crippen molar-refractivity contribution in [3.63, 3.8) is 0 Å². The fourth-order valence-electron chi connectivity index (χ4n) is 1.43. The normalized spacial score (nSPS) is 8.75. The van der Waals surface area contributed by atoms with Crippen molar-refractivity contribution in [3.8, 4) is 0 Å². The first kappa shape index (κ1) is 55.4. The van der Waals surface area contributed by atoms with Crippen LogP contribution in [0.3, 0.4) is 0 Å². The van der Waals surface area contributed by atoms with Crippen LogP contribution in [-0.4, -0.2) is 115 Å². The number of hydrogen-bond donors (Lipinski definition) is 10. The second-order valence-corrected chi connectivity index (χ2v) is 5.31. The molecule has 23 heteroatoms. The van der Waals surface area contributed by atoms with Gasteiger partial charge in [0, 0.05) is 0 Å². The van der Waals surface area contributed by atoms with Crippen LogP contribution in [0.25, 0.3) is 0 Å². The number of carboxylic acids is 6. The molecule has 0 saturated heterocycles. The van der Waals surface area contributed by atoms with E-state index in [9.17, 15) is 28.8 Å². The summed E-state index contributed by atoms with van der Waals surface area (Å²) in [5.41, 5.74) is -5.48. The summed E-state index contributed by atoms with van der Waals surface area (Å²) < 4.78 is 0. The number of hydrogen-bond acceptors (Lipinski definition) is 11. The van der Waals surface area contributed by atoms with Gasteiger partial charge in [0.1, 0.15) is 0 Å². The summed E-state index contributed by atoms with van der Waals surface area (Å²) >= 11 is 0. The van der Waals surface area contributed by atoms with E-state index in [0.29, 0.717) is 0 Å². The molecule has 0 fully saturated rings. The quantitative estimate of drug-likeness (QED) is 0.0661. The molecule has 14 N–H and O–H groups in total. The summed E-state index contributed by atoms with van der Waals surface area (Å²) in [6, 6.07) is 0. The Labute approximate surface area is 270 Å². The monoisotopic (exact) mass is 570 g/mol. The van der Waals surface area contributed by atoms with Gasteiger partial charge in [-0.05, 0) is 0 Å². The molecule has 36 heavy (non-hydrogen) atoms. The predicted molar refractivity (Wildman–Crippen MR) is 96.5 cm³/mol. The van der Waals surface area contributed by atoms with Crippen LogP contribution in [0.2, 0.25) is 0 Å². The average molecular weight is 570 g/mol. The van der Waals surface area contributed by atoms with Crippen molar-refractivity contribution in [2.45, 2.75) is 36.9 Å². The Kier molecular flexibility index (Phi) is 41.5. The van der Waals surface area contributed by atoms with Crippen molar-refractivity contribution < 1.29 is 194 Å². The van der Waals surface area contributed by atoms with Gasteiger partial charge in [-0.3, -0.25) is 24.1 Å². The van der Waals surface area contributed by atoms with Gasteiger partial charge >= 0.3 is 131 Å². The van der Waals surface area contributed by atoms with E-state index < -0.39 is 78.9 Å². The molecule has 0 heterocycles. The van der Waals surface area contributed by atoms with E-state index in [1.54, 1.807) is 0 Å². The number of aliphatic carboxylic acids is 6. The second kappa shape index (κ2) is 26.9. The van der Waals surface area contributed by atoms with E-state index in [4.69, 9.17) is 56.0 Å². The van der Waals surface area contributed by atoms with Crippen LogP contribution in [0.15, 0.2) is 0 Å². The summed E-state index contributed by atoms with van der Waals surface area (Å²) in [4.78, 5) is 72.5. The molecule has 0 atom stereocenters. The van der Waals surface area contributed by atoms with E-state index >= 15 is 0 Å². The van der Waals surface area contributed by atoms with Gasteiger partial charge in [0.2, 0.25) is 0 Å². The summed E-state index contributed by atoms with van der Waals surface area (Å²) in [7, 11) is 0. The zero-order chi connectivity index (χ0) is 25.6. The molecular weight excluding hydrogens is 545 g/mol. The smallest absolute Gasteiger partial charge is 1.00 e. The zero-order valence-electron chi connectivity index (χ0n) is 22.1. The third-order valence-electron chi connectivity index (χ3n) is 2.65. The van der Waals surface area contributed by atoms with Crippen molar-refractivity contribution in [1.29, 1.82) is 0 Å². The number of aliphatic hydroxyl groups is 2. The molecule has 0 saturated carbocycles. The van der Waals surface area contributed by atoms with Crippen molar-refractivity contribution in [1.82, 2.24) is 0 Å². The summed E-state index contributed by atoms with van der Waals surface area (Å²) in [6.45, 7) is 0. The molecule has 0 aliphatic rings. The first-order valence-electron chi connectivity index (χ1n) is 7.16. The summed E-state index contributed by atoms with van der Waals surface area (Å²) in [5, 5.41) is 81.9. The Bertz CT molecular complexity index is 640. The predicted octanol–water partition coefficient (Wildman–Crippen LogP) is -12.6. The molecule has 0 spiro atoms. The molecular formula is C13H25Na3O20. The number of carbonyl (C=O) groups is 7. The van der Waals surface area contributed by atoms with Crippen LogP contribution in [0.5, 0.6) is 0 Å². The first-order chi connectivity index (χ1) is 13.8. The van der Waals surface area contributed by atoms with Crippen LogP contribution in [-0.2, 0) is 33.7 Å². The summed E-state index contributed by atoms with van der Waals surface area (Å²) in [6.07, 6.45) is -6.27. The SMILES string of the molecule is O.O.O=C(O)CC(O)(CC(=O)O)C(=O)O.O=C(O)CC(O)(CC(=O)O)C(=O)O.O=C(O)OO.[H-].[H-].[H-].[Na+].[Na+].[Na+]. The molecule has 0 aliphatic carbocycles. The third-order valence-corrected chi connectivity index (χ3v) is 2.65. The first-order valence-corrected chi connectivity index (χ1v) is 7.16. The van der Waals surface area contributed by atoms with Crippen LogP contribution < -0.4 is 88.7 Å². The van der Waals surface area contributed by atoms with Gasteiger partial charge in [-0.25, -0.2) is 14.4 Å². The Morgan fingerprint density at radius 2 is 0.667 bits per heavy atom. The van der Waals surface area contributed by atoms with Gasteiger partial charge in [0.05, 0.1) is 25.7 Å². The van der Waals surface area contributed by atoms with Gasteiger partial charge < -0.3 is 61.2 Å². The molecule has 0 rings (SSSR count). The van der Waals surface area contributed by atoms with Crippen molar-refractivity contribution >= 4 is 42.0 Å². The minimum Gasteiger partial charge on any atom is -1.00 e. The molecule has 0 radical (unpaired) electrons. The Balaban J connectivity index is -0.0000000324. The third kappa shape index (κ3) is 30.9. The zero-order valence-corrected chi connectivity index (χ0v) is 25.1. The minimum absolute atomic E-state index is 0. The summed E-state index contributed by atoms with van der Waals surface area (Å²) in [5.74, 6) is -10.0. The Morgan fingerprint density at radius 1 is 0.528 bits per heavy atom. The van der Waals surface area contributed by atoms with Gasteiger partial charge in [-0.2, -0.15) is 5.26 Å². The number of rotatable bonds is 10. The maximum atomic E-state index is 10.3. The van der Waals surface area contributed by atoms with E-state index in [1.807, 2.05) is 0 Å². The van der Waals surface area contributed by atoms with E-state index in [-0.39, 0.29) is 104 Å². The van der Waals surface area contributed by atoms with Gasteiger partial charge in [0.25, 0.3) is 0 Å². The molecule has 200 valence electrons. The molecule has 0 aromatic heterocycles. The molecule has 0 unspecified atom stereocenters.